The summed E-state index contributed by atoms with van der Waals surface area (Å²) in [6, 6.07) is 9.39. The highest BCUT2D eigenvalue weighted by Crippen LogP contribution is 2.33. The second-order valence-electron chi connectivity index (χ2n) is 7.87. The van der Waals surface area contributed by atoms with Gasteiger partial charge < -0.3 is 29.2 Å². The monoisotopic (exact) mass is 489 g/mol. The molecule has 0 saturated carbocycles. The van der Waals surface area contributed by atoms with Crippen molar-refractivity contribution in [1.29, 1.82) is 0 Å². The minimum Gasteiger partial charge on any atom is -0.493 e. The fourth-order valence-corrected chi connectivity index (χ4v) is 4.00. The molecule has 3 aromatic rings. The first-order chi connectivity index (χ1) is 16.4. The molecular formula is C24H25ClFN3O5. The Labute approximate surface area is 200 Å². The predicted molar refractivity (Wildman–Crippen MR) is 126 cm³/mol. The molecule has 1 aliphatic rings. The lowest BCUT2D eigenvalue weighted by Crippen LogP contribution is -2.43. The van der Waals surface area contributed by atoms with Gasteiger partial charge in [0.25, 0.3) is 11.9 Å². The van der Waals surface area contributed by atoms with Crippen LogP contribution in [-0.4, -0.2) is 60.5 Å². The number of carbonyl (C=O) groups is 1. The summed E-state index contributed by atoms with van der Waals surface area (Å²) in [6.45, 7) is 1.51. The first-order valence-corrected chi connectivity index (χ1v) is 11.1. The van der Waals surface area contributed by atoms with E-state index in [0.29, 0.717) is 45.2 Å². The minimum absolute atomic E-state index is 0.0846. The van der Waals surface area contributed by atoms with Gasteiger partial charge in [-0.3, -0.25) is 4.79 Å². The molecule has 34 heavy (non-hydrogen) atoms. The van der Waals surface area contributed by atoms with Crippen LogP contribution in [0, 0.1) is 0 Å². The lowest BCUT2D eigenvalue weighted by atomic mass is 10.1. The van der Waals surface area contributed by atoms with E-state index in [-0.39, 0.29) is 31.2 Å². The van der Waals surface area contributed by atoms with Gasteiger partial charge in [0.05, 0.1) is 39.0 Å². The number of hydrogen-bond donors (Lipinski definition) is 2. The highest BCUT2D eigenvalue weighted by atomic mass is 35.5. The molecule has 1 aliphatic heterocycles. The molecule has 0 radical (unpaired) electrons. The maximum atomic E-state index is 13.8. The molecule has 10 heteroatoms. The van der Waals surface area contributed by atoms with Gasteiger partial charge in [0.1, 0.15) is 12.2 Å². The summed E-state index contributed by atoms with van der Waals surface area (Å²) >= 11 is 6.04. The Kier molecular flexibility index (Phi) is 7.35. The van der Waals surface area contributed by atoms with Gasteiger partial charge in [0, 0.05) is 16.3 Å². The number of nitrogens with zero attached hydrogens (tertiary/aromatic N) is 2. The lowest BCUT2D eigenvalue weighted by Gasteiger charge is -2.33. The molecule has 2 atom stereocenters. The zero-order valence-electron chi connectivity index (χ0n) is 18.8. The number of amides is 1. The first kappa shape index (κ1) is 24.0. The Hall–Kier alpha value is -3.14. The van der Waals surface area contributed by atoms with Gasteiger partial charge in [-0.1, -0.05) is 23.7 Å². The number of nitrogens with one attached hydrogen (secondary N) is 1. The van der Waals surface area contributed by atoms with Gasteiger partial charge in [0.15, 0.2) is 11.3 Å². The Balaban J connectivity index is 1.66. The third kappa shape index (κ3) is 5.01. The molecule has 2 heterocycles. The number of methoxy groups -OCH3 is 1. The van der Waals surface area contributed by atoms with E-state index in [1.807, 2.05) is 6.92 Å². The van der Waals surface area contributed by atoms with Crippen LogP contribution in [0.1, 0.15) is 28.9 Å². The molecule has 0 bridgehead atoms. The minimum atomic E-state index is -0.722. The zero-order valence-corrected chi connectivity index (χ0v) is 19.5. The van der Waals surface area contributed by atoms with E-state index in [0.717, 1.165) is 0 Å². The Morgan fingerprint density at radius 2 is 2.26 bits per heavy atom. The van der Waals surface area contributed by atoms with Crippen molar-refractivity contribution in [1.82, 2.24) is 9.88 Å². The molecule has 1 fully saturated rings. The standard InChI is InChI=1S/C24H25ClFN3O5/c1-14-12-29(18(6-7-30)13-33-14)23(31)16-9-19-22(21(10-16)32-2)34-24(27-19)28-20(11-26)15-4-3-5-17(25)8-15/h3-6,8-10,14,20,30H,7,11-13H2,1-2H3,(H,27,28)/b18-6+. The molecule has 2 unspecified atom stereocenters. The van der Waals surface area contributed by atoms with E-state index >= 15 is 0 Å². The molecule has 1 amide bonds. The number of rotatable bonds is 7. The Morgan fingerprint density at radius 1 is 1.44 bits per heavy atom. The summed E-state index contributed by atoms with van der Waals surface area (Å²) in [7, 11) is 1.46. The van der Waals surface area contributed by atoms with Crippen LogP contribution in [0.15, 0.2) is 52.6 Å². The average molecular weight is 490 g/mol. The number of morpholine rings is 1. The first-order valence-electron chi connectivity index (χ1n) is 10.7. The van der Waals surface area contributed by atoms with Gasteiger partial charge in [-0.15, -0.1) is 0 Å². The molecule has 2 N–H and O–H groups in total. The maximum absolute atomic E-state index is 13.8. The number of benzene rings is 2. The highest BCUT2D eigenvalue weighted by molar-refractivity contribution is 6.30. The van der Waals surface area contributed by atoms with E-state index in [1.54, 1.807) is 47.4 Å². The van der Waals surface area contributed by atoms with E-state index in [1.165, 1.54) is 7.11 Å². The maximum Gasteiger partial charge on any atom is 0.296 e. The van der Waals surface area contributed by atoms with Gasteiger partial charge in [-0.2, -0.15) is 4.98 Å². The van der Waals surface area contributed by atoms with Crippen molar-refractivity contribution in [2.75, 3.05) is 38.9 Å². The quantitative estimate of drug-likeness (QED) is 0.509. The smallest absolute Gasteiger partial charge is 0.296 e. The van der Waals surface area contributed by atoms with Crippen molar-refractivity contribution < 1.29 is 28.2 Å². The lowest BCUT2D eigenvalue weighted by molar-refractivity contribution is 0.0110. The van der Waals surface area contributed by atoms with Gasteiger partial charge >= 0.3 is 0 Å². The van der Waals surface area contributed by atoms with Crippen molar-refractivity contribution in [2.24, 2.45) is 0 Å². The van der Waals surface area contributed by atoms with Crippen LogP contribution in [0.5, 0.6) is 5.75 Å². The molecule has 4 rings (SSSR count). The summed E-state index contributed by atoms with van der Waals surface area (Å²) < 4.78 is 30.6. The molecule has 8 nitrogen and oxygen atoms in total. The number of fused-ring (bicyclic) bond motifs is 1. The zero-order chi connectivity index (χ0) is 24.2. The number of anilines is 1. The molecule has 0 spiro atoms. The van der Waals surface area contributed by atoms with Gasteiger partial charge in [0.2, 0.25) is 0 Å². The fraction of sp³-hybridized carbons (Fsp3) is 0.333. The summed E-state index contributed by atoms with van der Waals surface area (Å²) in [4.78, 5) is 19.3. The summed E-state index contributed by atoms with van der Waals surface area (Å²) in [6.07, 6.45) is 1.39. The second kappa shape index (κ2) is 10.4. The number of carbonyl (C=O) groups excluding carboxylic acids is 1. The van der Waals surface area contributed by atoms with E-state index in [4.69, 9.17) is 25.5 Å². The molecule has 0 aliphatic carbocycles. The number of oxazole rings is 1. The number of halogens is 2. The van der Waals surface area contributed by atoms with Crippen LogP contribution in [0.4, 0.5) is 10.4 Å². The summed E-state index contributed by atoms with van der Waals surface area (Å²) in [5, 5.41) is 12.7. The Bertz CT molecular complexity index is 1210. The number of aliphatic hydroxyl groups is 1. The van der Waals surface area contributed by atoms with Crippen molar-refractivity contribution in [3.63, 3.8) is 0 Å². The van der Waals surface area contributed by atoms with Crippen LogP contribution in [0.2, 0.25) is 5.02 Å². The number of aliphatic hydroxyl groups excluding tert-OH is 1. The molecule has 1 aromatic heterocycles. The normalized spacial score (nSPS) is 18.3. The summed E-state index contributed by atoms with van der Waals surface area (Å²) in [5.41, 5.74) is 2.26. The SMILES string of the molecule is COc1cc(C(=O)N2CC(C)OC/C2=C\CO)cc2nc(NC(CF)c3cccc(Cl)c3)oc12. The van der Waals surface area contributed by atoms with E-state index < -0.39 is 12.7 Å². The second-order valence-corrected chi connectivity index (χ2v) is 8.30. The molecule has 1 saturated heterocycles. The highest BCUT2D eigenvalue weighted by Gasteiger charge is 2.28. The third-order valence-electron chi connectivity index (χ3n) is 5.50. The van der Waals surface area contributed by atoms with Crippen LogP contribution in [0.25, 0.3) is 11.1 Å². The van der Waals surface area contributed by atoms with Gasteiger partial charge in [-0.25, -0.2) is 4.39 Å². The fourth-order valence-electron chi connectivity index (χ4n) is 3.80. The number of ether oxygens (including phenoxy) is 2. The largest absolute Gasteiger partial charge is 0.493 e. The van der Waals surface area contributed by atoms with Crippen molar-refractivity contribution in [3.8, 4) is 5.75 Å². The molecule has 2 aromatic carbocycles. The summed E-state index contributed by atoms with van der Waals surface area (Å²) in [5.74, 6) is 0.0306. The van der Waals surface area contributed by atoms with E-state index in [9.17, 15) is 14.3 Å². The van der Waals surface area contributed by atoms with Gasteiger partial charge in [-0.05, 0) is 42.8 Å². The third-order valence-corrected chi connectivity index (χ3v) is 5.74. The number of alkyl halides is 1. The number of hydrogen-bond acceptors (Lipinski definition) is 7. The number of aromatic nitrogens is 1. The topological polar surface area (TPSA) is 97.1 Å². The average Bonchev–Trinajstić information content (AvgIpc) is 3.25. The van der Waals surface area contributed by atoms with Crippen molar-refractivity contribution in [3.05, 3.63) is 64.3 Å². The van der Waals surface area contributed by atoms with Crippen molar-refractivity contribution >= 4 is 34.6 Å². The van der Waals surface area contributed by atoms with Crippen LogP contribution >= 0.6 is 11.6 Å². The van der Waals surface area contributed by atoms with Crippen molar-refractivity contribution in [2.45, 2.75) is 19.1 Å². The molecular weight excluding hydrogens is 465 g/mol. The van der Waals surface area contributed by atoms with Crippen LogP contribution in [0.3, 0.4) is 0 Å². The van der Waals surface area contributed by atoms with Crippen LogP contribution < -0.4 is 10.1 Å². The van der Waals surface area contributed by atoms with E-state index in [2.05, 4.69) is 10.3 Å². The predicted octanol–water partition coefficient (Wildman–Crippen LogP) is 4.35. The van der Waals surface area contributed by atoms with Crippen LogP contribution in [-0.2, 0) is 4.74 Å². The Morgan fingerprint density at radius 3 is 2.97 bits per heavy atom. The molecule has 180 valence electrons.